The zero-order valence-corrected chi connectivity index (χ0v) is 24.8. The Balaban J connectivity index is 1.36. The molecule has 1 aliphatic rings. The van der Waals surface area contributed by atoms with Crippen LogP contribution in [0.5, 0.6) is 0 Å². The molecule has 3 aromatic rings. The molecule has 8 nitrogen and oxygen atoms in total. The number of nitrogens with one attached hydrogen (secondary N) is 4. The molecule has 232 valence electrons. The van der Waals surface area contributed by atoms with Crippen molar-refractivity contribution in [2.75, 3.05) is 6.54 Å². The average molecular weight is 627 g/mol. The lowest BCUT2D eigenvalue weighted by atomic mass is 9.86. The highest BCUT2D eigenvalue weighted by Gasteiger charge is 2.34. The predicted molar refractivity (Wildman–Crippen MR) is 163 cm³/mol. The Morgan fingerprint density at radius 1 is 0.864 bits per heavy atom. The van der Waals surface area contributed by atoms with E-state index in [4.69, 9.17) is 17.0 Å². The first-order chi connectivity index (χ1) is 21.0. The molecule has 3 amide bonds. The van der Waals surface area contributed by atoms with E-state index < -0.39 is 42.2 Å². The lowest BCUT2D eigenvalue weighted by Crippen LogP contribution is -2.58. The normalized spacial score (nSPS) is 18.0. The number of hydrogen-bond donors (Lipinski definition) is 4. The van der Waals surface area contributed by atoms with Crippen LogP contribution in [0.3, 0.4) is 0 Å². The standard InChI is InChI=1S/C32H33F3N4O4S/c1-20-10-12-22(13-11-20)30(44)39-27-17-25(37-31(42)43-19-21-6-3-2-4-7-21)14-15-26(27)38-28(40)18-36-29(41)23-8-5-9-24(16-23)32(33,34)35/h2-13,16,25-27H,14-15,17-19H2,1H3,(H,36,41)(H,37,42)(H,38,40)(H,39,44). The maximum absolute atomic E-state index is 13.0. The number of ether oxygens (including phenoxy) is 1. The molecule has 0 saturated heterocycles. The molecule has 4 N–H and O–H groups in total. The molecule has 0 spiro atoms. The fourth-order valence-corrected chi connectivity index (χ4v) is 5.17. The molecular formula is C32H33F3N4O4S. The van der Waals surface area contributed by atoms with Crippen molar-refractivity contribution in [2.24, 2.45) is 0 Å². The summed E-state index contributed by atoms with van der Waals surface area (Å²) in [5, 5.41) is 11.5. The lowest BCUT2D eigenvalue weighted by Gasteiger charge is -2.37. The van der Waals surface area contributed by atoms with Crippen LogP contribution in [-0.2, 0) is 22.3 Å². The minimum Gasteiger partial charge on any atom is -0.445 e. The molecule has 0 radical (unpaired) electrons. The fourth-order valence-electron chi connectivity index (χ4n) is 4.88. The van der Waals surface area contributed by atoms with Crippen LogP contribution in [0.25, 0.3) is 0 Å². The number of carbonyl (C=O) groups excluding carboxylic acids is 3. The third kappa shape index (κ3) is 9.53. The quantitative estimate of drug-likeness (QED) is 0.248. The third-order valence-corrected chi connectivity index (χ3v) is 7.58. The Hall–Kier alpha value is -4.45. The maximum atomic E-state index is 13.0. The Morgan fingerprint density at radius 2 is 1.59 bits per heavy atom. The van der Waals surface area contributed by atoms with Crippen molar-refractivity contribution in [3.8, 4) is 0 Å². The number of halogens is 3. The van der Waals surface area contributed by atoms with Crippen molar-refractivity contribution in [3.05, 3.63) is 107 Å². The number of aryl methyl sites for hydroxylation is 1. The van der Waals surface area contributed by atoms with Crippen LogP contribution in [0, 0.1) is 6.92 Å². The molecule has 0 aliphatic heterocycles. The van der Waals surface area contributed by atoms with E-state index >= 15 is 0 Å². The van der Waals surface area contributed by atoms with E-state index in [1.165, 1.54) is 6.07 Å². The van der Waals surface area contributed by atoms with Crippen LogP contribution in [-0.4, -0.2) is 47.6 Å². The highest BCUT2D eigenvalue weighted by Crippen LogP contribution is 2.29. The maximum Gasteiger partial charge on any atom is 0.416 e. The van der Waals surface area contributed by atoms with Gasteiger partial charge in [-0.3, -0.25) is 9.59 Å². The summed E-state index contributed by atoms with van der Waals surface area (Å²) < 4.78 is 44.4. The van der Waals surface area contributed by atoms with Crippen molar-refractivity contribution < 1.29 is 32.3 Å². The molecule has 3 atom stereocenters. The molecule has 0 heterocycles. The molecule has 12 heteroatoms. The van der Waals surface area contributed by atoms with E-state index in [1.807, 2.05) is 61.5 Å². The summed E-state index contributed by atoms with van der Waals surface area (Å²) in [6.45, 7) is 1.66. The fraction of sp³-hybridized carbons (Fsp3) is 0.312. The zero-order valence-electron chi connectivity index (χ0n) is 23.9. The van der Waals surface area contributed by atoms with Gasteiger partial charge in [0.1, 0.15) is 11.6 Å². The first-order valence-electron chi connectivity index (χ1n) is 14.1. The summed E-state index contributed by atoms with van der Waals surface area (Å²) in [6, 6.07) is 19.9. The van der Waals surface area contributed by atoms with Crippen molar-refractivity contribution in [3.63, 3.8) is 0 Å². The van der Waals surface area contributed by atoms with Gasteiger partial charge in [-0.25, -0.2) is 4.79 Å². The van der Waals surface area contributed by atoms with E-state index in [-0.39, 0.29) is 24.3 Å². The van der Waals surface area contributed by atoms with E-state index in [2.05, 4.69) is 21.3 Å². The number of carbonyl (C=O) groups is 3. The zero-order chi connectivity index (χ0) is 31.7. The van der Waals surface area contributed by atoms with Crippen LogP contribution in [0.2, 0.25) is 0 Å². The summed E-state index contributed by atoms with van der Waals surface area (Å²) in [5.74, 6) is -1.32. The van der Waals surface area contributed by atoms with Crippen molar-refractivity contribution in [1.82, 2.24) is 21.3 Å². The van der Waals surface area contributed by atoms with Crippen molar-refractivity contribution in [1.29, 1.82) is 0 Å². The van der Waals surface area contributed by atoms with Gasteiger partial charge < -0.3 is 26.0 Å². The van der Waals surface area contributed by atoms with Crippen LogP contribution < -0.4 is 21.3 Å². The highest BCUT2D eigenvalue weighted by molar-refractivity contribution is 7.80. The molecule has 1 fully saturated rings. The van der Waals surface area contributed by atoms with Gasteiger partial charge in [-0.15, -0.1) is 0 Å². The molecule has 1 aliphatic carbocycles. The van der Waals surface area contributed by atoms with Crippen LogP contribution in [0.1, 0.15) is 51.9 Å². The summed E-state index contributed by atoms with van der Waals surface area (Å²) in [4.78, 5) is 38.3. The first kappa shape index (κ1) is 32.5. The molecule has 3 unspecified atom stereocenters. The van der Waals surface area contributed by atoms with Crippen LogP contribution >= 0.6 is 12.2 Å². The number of amides is 3. The minimum atomic E-state index is -4.60. The summed E-state index contributed by atoms with van der Waals surface area (Å²) in [5.41, 5.74) is 1.56. The van der Waals surface area contributed by atoms with Gasteiger partial charge in [0.2, 0.25) is 5.91 Å². The minimum absolute atomic E-state index is 0.128. The Labute approximate surface area is 258 Å². The lowest BCUT2D eigenvalue weighted by molar-refractivity contribution is -0.137. The molecule has 3 aromatic carbocycles. The van der Waals surface area contributed by atoms with Crippen LogP contribution in [0.15, 0.2) is 78.9 Å². The topological polar surface area (TPSA) is 109 Å². The summed E-state index contributed by atoms with van der Waals surface area (Å²) >= 11 is 5.64. The Morgan fingerprint density at radius 3 is 2.30 bits per heavy atom. The summed E-state index contributed by atoms with van der Waals surface area (Å²) in [7, 11) is 0. The van der Waals surface area contributed by atoms with Gasteiger partial charge in [-0.1, -0.05) is 78.4 Å². The van der Waals surface area contributed by atoms with Gasteiger partial charge in [-0.2, -0.15) is 13.2 Å². The van der Waals surface area contributed by atoms with E-state index in [0.29, 0.717) is 24.3 Å². The number of alkyl carbamates (subject to hydrolysis) is 1. The van der Waals surface area contributed by atoms with Gasteiger partial charge in [0.25, 0.3) is 5.91 Å². The van der Waals surface area contributed by atoms with Gasteiger partial charge in [0, 0.05) is 29.3 Å². The second kappa shape index (κ2) is 14.8. The smallest absolute Gasteiger partial charge is 0.416 e. The first-order valence-corrected chi connectivity index (χ1v) is 14.5. The molecule has 0 aromatic heterocycles. The Kier molecular flexibility index (Phi) is 10.9. The van der Waals surface area contributed by atoms with Gasteiger partial charge in [0.05, 0.1) is 12.1 Å². The number of benzene rings is 3. The number of hydrogen-bond acceptors (Lipinski definition) is 5. The largest absolute Gasteiger partial charge is 0.445 e. The molecule has 0 bridgehead atoms. The van der Waals surface area contributed by atoms with Crippen LogP contribution in [0.4, 0.5) is 18.0 Å². The van der Waals surface area contributed by atoms with E-state index in [9.17, 15) is 27.6 Å². The molecule has 1 saturated carbocycles. The highest BCUT2D eigenvalue weighted by atomic mass is 32.1. The van der Waals surface area contributed by atoms with Gasteiger partial charge in [0.15, 0.2) is 0 Å². The van der Waals surface area contributed by atoms with E-state index in [0.717, 1.165) is 34.9 Å². The monoisotopic (exact) mass is 626 g/mol. The number of alkyl halides is 3. The van der Waals surface area contributed by atoms with Gasteiger partial charge in [-0.05, 0) is 49.9 Å². The second-order valence-corrected chi connectivity index (χ2v) is 11.0. The number of thiocarbonyl (C=S) groups is 1. The molecule has 44 heavy (non-hydrogen) atoms. The Bertz CT molecular complexity index is 1470. The number of rotatable bonds is 9. The SMILES string of the molecule is Cc1ccc(C(=S)NC2CC(NC(=O)OCc3ccccc3)CCC2NC(=O)CNC(=O)c2cccc(C(F)(F)F)c2)cc1. The average Bonchev–Trinajstić information content (AvgIpc) is 3.00. The molecule has 4 rings (SSSR count). The second-order valence-electron chi connectivity index (χ2n) is 10.6. The third-order valence-electron chi connectivity index (χ3n) is 7.22. The van der Waals surface area contributed by atoms with Gasteiger partial charge >= 0.3 is 12.3 Å². The summed E-state index contributed by atoms with van der Waals surface area (Å²) in [6.07, 6.45) is -3.71. The van der Waals surface area contributed by atoms with E-state index in [1.54, 1.807) is 0 Å². The molecular weight excluding hydrogens is 593 g/mol. The van der Waals surface area contributed by atoms with Crippen molar-refractivity contribution >= 4 is 35.1 Å². The predicted octanol–water partition coefficient (Wildman–Crippen LogP) is 5.04. The van der Waals surface area contributed by atoms with Crippen molar-refractivity contribution in [2.45, 2.75) is 57.1 Å².